The lowest BCUT2D eigenvalue weighted by atomic mass is 10.0. The minimum atomic E-state index is -0.653. The van der Waals surface area contributed by atoms with Crippen molar-refractivity contribution in [3.05, 3.63) is 96.1 Å². The molecule has 1 fully saturated rings. The zero-order valence-corrected chi connectivity index (χ0v) is 21.9. The first-order valence-electron chi connectivity index (χ1n) is 13.2. The summed E-state index contributed by atoms with van der Waals surface area (Å²) in [4.78, 5) is 26.0. The van der Waals surface area contributed by atoms with Gasteiger partial charge in [0.2, 0.25) is 0 Å². The molecule has 3 aromatic rings. The summed E-state index contributed by atoms with van der Waals surface area (Å²) in [6, 6.07) is 27.8. The second-order valence-electron chi connectivity index (χ2n) is 10.4. The van der Waals surface area contributed by atoms with E-state index in [1.807, 2.05) is 62.4 Å². The number of nitrogens with zero attached hydrogens (tertiary/aromatic N) is 1. The van der Waals surface area contributed by atoms with Crippen LogP contribution >= 0.6 is 0 Å². The van der Waals surface area contributed by atoms with Gasteiger partial charge in [-0.2, -0.15) is 5.43 Å². The van der Waals surface area contributed by atoms with Crippen LogP contribution in [0.1, 0.15) is 44.2 Å². The largest absolute Gasteiger partial charge is 0.445 e. The molecule has 0 aromatic heterocycles. The second-order valence-corrected chi connectivity index (χ2v) is 10.4. The summed E-state index contributed by atoms with van der Waals surface area (Å²) in [7, 11) is 0. The fourth-order valence-corrected chi connectivity index (χ4v) is 4.95. The molecule has 37 heavy (non-hydrogen) atoms. The summed E-state index contributed by atoms with van der Waals surface area (Å²) in [5, 5.41) is 2.82. The van der Waals surface area contributed by atoms with Crippen LogP contribution in [-0.4, -0.2) is 35.7 Å². The van der Waals surface area contributed by atoms with E-state index in [1.165, 1.54) is 16.7 Å². The Morgan fingerprint density at radius 2 is 1.41 bits per heavy atom. The van der Waals surface area contributed by atoms with Crippen LogP contribution in [0.15, 0.2) is 84.9 Å². The maximum Gasteiger partial charge on any atom is 0.408 e. The third-order valence-corrected chi connectivity index (χ3v) is 6.84. The van der Waals surface area contributed by atoms with Crippen molar-refractivity contribution in [3.8, 4) is 11.1 Å². The van der Waals surface area contributed by atoms with Crippen LogP contribution in [-0.2, 0) is 22.7 Å². The molecule has 194 valence electrons. The van der Waals surface area contributed by atoms with Gasteiger partial charge in [-0.3, -0.25) is 4.79 Å². The molecule has 1 heterocycles. The summed E-state index contributed by atoms with van der Waals surface area (Å²) >= 11 is 0. The summed E-state index contributed by atoms with van der Waals surface area (Å²) in [5.41, 5.74) is 7.75. The van der Waals surface area contributed by atoms with Crippen molar-refractivity contribution < 1.29 is 18.9 Å². The molecule has 0 unspecified atom stereocenters. The average molecular weight is 501 g/mol. The van der Waals surface area contributed by atoms with E-state index in [9.17, 15) is 9.59 Å². The van der Waals surface area contributed by atoms with Crippen LogP contribution in [0.3, 0.4) is 0 Å². The number of likely N-dealkylation sites (tertiary alicyclic amines) is 1. The van der Waals surface area contributed by atoms with E-state index in [0.29, 0.717) is 17.6 Å². The maximum atomic E-state index is 13.5. The minimum absolute atomic E-state index is 0.159. The van der Waals surface area contributed by atoms with Crippen molar-refractivity contribution in [1.82, 2.24) is 10.7 Å². The maximum absolute atomic E-state index is 13.5. The monoisotopic (exact) mass is 500 g/mol. The second kappa shape index (κ2) is 12.5. The van der Waals surface area contributed by atoms with Crippen molar-refractivity contribution >= 4 is 12.0 Å². The first-order chi connectivity index (χ1) is 17.9. The van der Waals surface area contributed by atoms with Crippen molar-refractivity contribution in [1.29, 1.82) is 0 Å². The minimum Gasteiger partial charge on any atom is -0.445 e. The van der Waals surface area contributed by atoms with Crippen LogP contribution in [0.25, 0.3) is 11.1 Å². The molecule has 1 saturated heterocycles. The highest BCUT2D eigenvalue weighted by Gasteiger charge is 2.37. The average Bonchev–Trinajstić information content (AvgIpc) is 3.36. The highest BCUT2D eigenvalue weighted by Crippen LogP contribution is 2.24. The molecule has 3 aromatic carbocycles. The van der Waals surface area contributed by atoms with Gasteiger partial charge in [0.25, 0.3) is 5.91 Å². The van der Waals surface area contributed by atoms with Crippen molar-refractivity contribution in [2.75, 3.05) is 13.1 Å². The normalized spacial score (nSPS) is 15.2. The Morgan fingerprint density at radius 1 is 0.811 bits per heavy atom. The molecule has 0 bridgehead atoms. The van der Waals surface area contributed by atoms with E-state index in [4.69, 9.17) is 4.74 Å². The SMILES string of the molecule is CC(C)C[C@H](NC(=O)OCc1ccccc1)C(=O)N[N+]1(Cc2ccc(-c3ccccc3)cc2)CCCC1. The number of ether oxygens (including phenoxy) is 1. The Labute approximate surface area is 220 Å². The lowest BCUT2D eigenvalue weighted by Gasteiger charge is -2.35. The number of quaternary nitrogens is 1. The molecule has 0 aliphatic carbocycles. The number of carbonyl (C=O) groups excluding carboxylic acids is 2. The van der Waals surface area contributed by atoms with E-state index < -0.39 is 12.1 Å². The Balaban J connectivity index is 1.40. The van der Waals surface area contributed by atoms with Gasteiger partial charge in [0.05, 0.1) is 0 Å². The van der Waals surface area contributed by atoms with E-state index >= 15 is 0 Å². The first kappa shape index (κ1) is 26.4. The molecule has 2 amide bonds. The summed E-state index contributed by atoms with van der Waals surface area (Å²) in [5.74, 6) is 0.0795. The van der Waals surface area contributed by atoms with Gasteiger partial charge in [0.1, 0.15) is 32.3 Å². The molecule has 0 radical (unpaired) electrons. The van der Waals surface area contributed by atoms with Gasteiger partial charge in [0, 0.05) is 18.4 Å². The van der Waals surface area contributed by atoms with Gasteiger partial charge < -0.3 is 10.1 Å². The molecular formula is C31H38N3O3+. The van der Waals surface area contributed by atoms with Crippen molar-refractivity contribution in [3.63, 3.8) is 0 Å². The van der Waals surface area contributed by atoms with E-state index in [-0.39, 0.29) is 18.4 Å². The smallest absolute Gasteiger partial charge is 0.408 e. The quantitative estimate of drug-likeness (QED) is 0.344. The number of nitrogens with one attached hydrogen (secondary N) is 2. The van der Waals surface area contributed by atoms with Crippen molar-refractivity contribution in [2.45, 2.75) is 52.3 Å². The number of hydrogen-bond donors (Lipinski definition) is 2. The molecule has 1 atom stereocenters. The van der Waals surface area contributed by atoms with Crippen molar-refractivity contribution in [2.24, 2.45) is 5.92 Å². The highest BCUT2D eigenvalue weighted by molar-refractivity contribution is 5.84. The molecule has 6 nitrogen and oxygen atoms in total. The molecule has 0 saturated carbocycles. The molecule has 1 aliphatic heterocycles. The van der Waals surface area contributed by atoms with Crippen LogP contribution < -0.4 is 10.7 Å². The number of rotatable bonds is 10. The Kier molecular flexibility index (Phi) is 8.96. The zero-order valence-electron chi connectivity index (χ0n) is 21.9. The topological polar surface area (TPSA) is 67.4 Å². The van der Waals surface area contributed by atoms with Gasteiger partial charge >= 0.3 is 6.09 Å². The molecule has 0 spiro atoms. The Bertz CT molecular complexity index is 1140. The van der Waals surface area contributed by atoms with Gasteiger partial charge in [0.15, 0.2) is 0 Å². The fourth-order valence-electron chi connectivity index (χ4n) is 4.95. The number of hydrogen-bond acceptors (Lipinski definition) is 3. The van der Waals surface area contributed by atoms with Crippen LogP contribution in [0.5, 0.6) is 0 Å². The third-order valence-electron chi connectivity index (χ3n) is 6.84. The Morgan fingerprint density at radius 3 is 2.03 bits per heavy atom. The number of carbonyl (C=O) groups is 2. The van der Waals surface area contributed by atoms with Gasteiger partial charge in [-0.15, -0.1) is 0 Å². The molecule has 2 N–H and O–H groups in total. The van der Waals surface area contributed by atoms with Gasteiger partial charge in [-0.05, 0) is 29.0 Å². The van der Waals surface area contributed by atoms with E-state index in [0.717, 1.165) is 31.5 Å². The summed E-state index contributed by atoms with van der Waals surface area (Å²) in [6.45, 7) is 6.73. The van der Waals surface area contributed by atoms with Crippen LogP contribution in [0.4, 0.5) is 4.79 Å². The zero-order chi connectivity index (χ0) is 26.1. The van der Waals surface area contributed by atoms with Gasteiger partial charge in [-0.25, -0.2) is 9.39 Å². The third kappa shape index (κ3) is 7.67. The van der Waals surface area contributed by atoms with E-state index in [2.05, 4.69) is 47.1 Å². The lowest BCUT2D eigenvalue weighted by molar-refractivity contribution is -0.963. The Hall–Kier alpha value is -3.64. The number of alkyl carbamates (subject to hydrolysis) is 1. The van der Waals surface area contributed by atoms with Crippen LogP contribution in [0.2, 0.25) is 0 Å². The van der Waals surface area contributed by atoms with Gasteiger partial charge in [-0.1, -0.05) is 98.8 Å². The predicted octanol–water partition coefficient (Wildman–Crippen LogP) is 5.84. The number of amides is 2. The molecular weight excluding hydrogens is 462 g/mol. The fraction of sp³-hybridized carbons (Fsp3) is 0.355. The molecule has 4 rings (SSSR count). The number of benzene rings is 3. The molecule has 6 heteroatoms. The molecule has 1 aliphatic rings. The lowest BCUT2D eigenvalue weighted by Crippen LogP contribution is -2.62. The standard InChI is InChI=1S/C31H37N3O3/c1-24(2)21-29(32-31(36)37-23-26-11-5-3-6-12-26)30(35)33-34(19-9-10-20-34)22-25-15-17-28(18-16-25)27-13-7-4-8-14-27/h3-8,11-18,24,29H,9-10,19-23H2,1-2H3,(H-,32,33,35,36)/p+1/t29-/m0/s1. The van der Waals surface area contributed by atoms with Crippen LogP contribution in [0, 0.1) is 5.92 Å². The highest BCUT2D eigenvalue weighted by atomic mass is 16.5. The van der Waals surface area contributed by atoms with E-state index in [1.54, 1.807) is 0 Å². The predicted molar refractivity (Wildman–Crippen MR) is 146 cm³/mol. The summed E-state index contributed by atoms with van der Waals surface area (Å²) < 4.78 is 5.89. The summed E-state index contributed by atoms with van der Waals surface area (Å²) in [6.07, 6.45) is 2.08. The first-order valence-corrected chi connectivity index (χ1v) is 13.2.